The Balaban J connectivity index is 2.21. The summed E-state index contributed by atoms with van der Waals surface area (Å²) >= 11 is 0. The summed E-state index contributed by atoms with van der Waals surface area (Å²) in [5.41, 5.74) is 12.9. The van der Waals surface area contributed by atoms with Crippen LogP contribution in [0, 0.1) is 0 Å². The fourth-order valence-corrected chi connectivity index (χ4v) is 4.11. The van der Waals surface area contributed by atoms with E-state index in [0.29, 0.717) is 31.4 Å². The first-order valence-electron chi connectivity index (χ1n) is 13.5. The molecule has 0 saturated carbocycles. The zero-order valence-corrected chi connectivity index (χ0v) is 22.8. The van der Waals surface area contributed by atoms with Crippen LogP contribution in [0.2, 0.25) is 0 Å². The van der Waals surface area contributed by atoms with Gasteiger partial charge < -0.3 is 37.6 Å². The van der Waals surface area contributed by atoms with E-state index >= 15 is 0 Å². The monoisotopic (exact) mass is 569 g/mol. The van der Waals surface area contributed by atoms with Crippen molar-refractivity contribution in [2.45, 2.75) is 69.1 Å². The maximum absolute atomic E-state index is 13.4. The summed E-state index contributed by atoms with van der Waals surface area (Å²) in [7, 11) is 0. The molecule has 0 radical (unpaired) electrons. The van der Waals surface area contributed by atoms with E-state index in [1.54, 1.807) is 60.7 Å². The van der Waals surface area contributed by atoms with Crippen molar-refractivity contribution in [3.8, 4) is 0 Å². The number of nitrogens with one attached hydrogen (secondary N) is 3. The SMILES string of the molecule is NCCCC[C@@H](N)C(=O)N[C@H](Cc1ccccc1)C(=O)N[C@H](CCC(=O)O)C(=O)N[C@H](Cc1ccccc1)C(=O)O. The van der Waals surface area contributed by atoms with Gasteiger partial charge in [-0.05, 0) is 36.9 Å². The van der Waals surface area contributed by atoms with Gasteiger partial charge >= 0.3 is 11.9 Å². The number of carbonyl (C=O) groups excluding carboxylic acids is 3. The molecule has 0 aliphatic carbocycles. The van der Waals surface area contributed by atoms with E-state index in [0.717, 1.165) is 5.56 Å². The Hall–Kier alpha value is -4.29. The van der Waals surface area contributed by atoms with Gasteiger partial charge in [0.1, 0.15) is 18.1 Å². The van der Waals surface area contributed by atoms with Crippen molar-refractivity contribution in [1.29, 1.82) is 0 Å². The van der Waals surface area contributed by atoms with Crippen molar-refractivity contribution in [2.75, 3.05) is 6.54 Å². The number of carbonyl (C=O) groups is 5. The molecule has 0 bridgehead atoms. The number of carboxylic acid groups (broad SMARTS) is 2. The Morgan fingerprint density at radius 1 is 0.659 bits per heavy atom. The molecule has 0 aliphatic rings. The summed E-state index contributed by atoms with van der Waals surface area (Å²) in [6, 6.07) is 12.8. The van der Waals surface area contributed by atoms with Crippen LogP contribution in [-0.4, -0.2) is 70.6 Å². The first-order valence-corrected chi connectivity index (χ1v) is 13.5. The van der Waals surface area contributed by atoms with Gasteiger partial charge in [0.2, 0.25) is 17.7 Å². The molecule has 2 aromatic rings. The average Bonchev–Trinajstić information content (AvgIpc) is 2.95. The van der Waals surface area contributed by atoms with Gasteiger partial charge in [-0.1, -0.05) is 67.1 Å². The van der Waals surface area contributed by atoms with E-state index in [1.807, 2.05) is 0 Å². The van der Waals surface area contributed by atoms with Gasteiger partial charge in [-0.25, -0.2) is 4.79 Å². The highest BCUT2D eigenvalue weighted by Gasteiger charge is 2.31. The number of hydrogen-bond acceptors (Lipinski definition) is 7. The fourth-order valence-electron chi connectivity index (χ4n) is 4.11. The number of amides is 3. The zero-order valence-electron chi connectivity index (χ0n) is 22.8. The number of rotatable bonds is 18. The highest BCUT2D eigenvalue weighted by atomic mass is 16.4. The van der Waals surface area contributed by atoms with Crippen LogP contribution in [0.1, 0.15) is 43.2 Å². The smallest absolute Gasteiger partial charge is 0.326 e. The molecule has 0 spiro atoms. The van der Waals surface area contributed by atoms with Crippen molar-refractivity contribution < 1.29 is 34.2 Å². The van der Waals surface area contributed by atoms with Crippen LogP contribution in [0.15, 0.2) is 60.7 Å². The maximum Gasteiger partial charge on any atom is 0.326 e. The summed E-state index contributed by atoms with van der Waals surface area (Å²) in [5.74, 6) is -4.64. The molecular formula is C29H39N5O7. The molecule has 2 rings (SSSR count). The Kier molecular flexibility index (Phi) is 14.0. The van der Waals surface area contributed by atoms with E-state index in [-0.39, 0.29) is 19.3 Å². The molecule has 12 nitrogen and oxygen atoms in total. The average molecular weight is 570 g/mol. The molecule has 4 atom stereocenters. The van der Waals surface area contributed by atoms with Crippen LogP contribution in [-0.2, 0) is 36.8 Å². The molecular weight excluding hydrogens is 530 g/mol. The Bertz CT molecular complexity index is 1150. The number of aliphatic carboxylic acids is 2. The highest BCUT2D eigenvalue weighted by molar-refractivity contribution is 5.94. The minimum Gasteiger partial charge on any atom is -0.481 e. The van der Waals surface area contributed by atoms with Gasteiger partial charge in [0, 0.05) is 19.3 Å². The molecule has 0 fully saturated rings. The summed E-state index contributed by atoms with van der Waals surface area (Å²) in [6.07, 6.45) is 0.988. The summed E-state index contributed by atoms with van der Waals surface area (Å²) in [4.78, 5) is 62.5. The predicted molar refractivity (Wildman–Crippen MR) is 151 cm³/mol. The Morgan fingerprint density at radius 2 is 1.15 bits per heavy atom. The van der Waals surface area contributed by atoms with Crippen LogP contribution in [0.5, 0.6) is 0 Å². The molecule has 0 aliphatic heterocycles. The fraction of sp³-hybridized carbons (Fsp3) is 0.414. The van der Waals surface area contributed by atoms with E-state index < -0.39 is 60.2 Å². The number of unbranched alkanes of at least 4 members (excludes halogenated alkanes) is 1. The quantitative estimate of drug-likeness (QED) is 0.123. The van der Waals surface area contributed by atoms with E-state index in [9.17, 15) is 34.2 Å². The molecule has 222 valence electrons. The summed E-state index contributed by atoms with van der Waals surface area (Å²) in [5, 5.41) is 26.5. The van der Waals surface area contributed by atoms with Gasteiger partial charge in [-0.3, -0.25) is 19.2 Å². The first-order chi connectivity index (χ1) is 19.6. The van der Waals surface area contributed by atoms with Gasteiger partial charge in [0.15, 0.2) is 0 Å². The second-order valence-electron chi connectivity index (χ2n) is 9.72. The second-order valence-corrected chi connectivity index (χ2v) is 9.72. The lowest BCUT2D eigenvalue weighted by molar-refractivity contribution is -0.143. The number of nitrogens with two attached hydrogens (primary N) is 2. The summed E-state index contributed by atoms with van der Waals surface area (Å²) < 4.78 is 0. The standard InChI is InChI=1S/C29H39N5O7/c30-16-8-7-13-21(31)26(37)33-23(17-19-9-3-1-4-10-19)28(39)32-22(14-15-25(35)36)27(38)34-24(29(40)41)18-20-11-5-2-6-12-20/h1-6,9-12,21-24H,7-8,13-18,30-31H2,(H,32,39)(H,33,37)(H,34,38)(H,35,36)(H,40,41)/t21-,22-,23-,24-/m1/s1. The first kappa shape index (κ1) is 32.9. The Labute approximate surface area is 238 Å². The normalized spacial score (nSPS) is 13.7. The molecule has 0 heterocycles. The molecule has 9 N–H and O–H groups in total. The number of benzene rings is 2. The van der Waals surface area contributed by atoms with Crippen LogP contribution in [0.25, 0.3) is 0 Å². The lowest BCUT2D eigenvalue weighted by atomic mass is 10.0. The molecule has 0 saturated heterocycles. The van der Waals surface area contributed by atoms with Gasteiger partial charge in [0.05, 0.1) is 6.04 Å². The van der Waals surface area contributed by atoms with Crippen molar-refractivity contribution >= 4 is 29.7 Å². The van der Waals surface area contributed by atoms with E-state index in [4.69, 9.17) is 11.5 Å². The van der Waals surface area contributed by atoms with Gasteiger partial charge in [-0.15, -0.1) is 0 Å². The van der Waals surface area contributed by atoms with Crippen LogP contribution in [0.3, 0.4) is 0 Å². The van der Waals surface area contributed by atoms with Crippen LogP contribution in [0.4, 0.5) is 0 Å². The van der Waals surface area contributed by atoms with Crippen molar-refractivity contribution in [2.24, 2.45) is 11.5 Å². The third kappa shape index (κ3) is 12.2. The zero-order chi connectivity index (χ0) is 30.2. The molecule has 41 heavy (non-hydrogen) atoms. The van der Waals surface area contributed by atoms with Crippen LogP contribution < -0.4 is 27.4 Å². The lowest BCUT2D eigenvalue weighted by Crippen LogP contribution is -2.57. The molecule has 2 aromatic carbocycles. The largest absolute Gasteiger partial charge is 0.481 e. The Morgan fingerprint density at radius 3 is 1.66 bits per heavy atom. The van der Waals surface area contributed by atoms with Crippen LogP contribution >= 0.6 is 0 Å². The third-order valence-electron chi connectivity index (χ3n) is 6.40. The topological polar surface area (TPSA) is 214 Å². The number of hydrogen-bond donors (Lipinski definition) is 7. The van der Waals surface area contributed by atoms with Crippen molar-refractivity contribution in [3.05, 3.63) is 71.8 Å². The molecule has 0 aromatic heterocycles. The van der Waals surface area contributed by atoms with E-state index in [1.165, 1.54) is 0 Å². The lowest BCUT2D eigenvalue weighted by Gasteiger charge is -2.25. The molecule has 3 amide bonds. The predicted octanol–water partition coefficient (Wildman–Crippen LogP) is 0.332. The minimum atomic E-state index is -1.37. The molecule has 12 heteroatoms. The molecule has 0 unspecified atom stereocenters. The van der Waals surface area contributed by atoms with E-state index in [2.05, 4.69) is 16.0 Å². The second kappa shape index (κ2) is 17.4. The van der Waals surface area contributed by atoms with Crippen molar-refractivity contribution in [1.82, 2.24) is 16.0 Å². The minimum absolute atomic E-state index is 0.0176. The van der Waals surface area contributed by atoms with Gasteiger partial charge in [-0.2, -0.15) is 0 Å². The van der Waals surface area contributed by atoms with Gasteiger partial charge in [0.25, 0.3) is 0 Å². The highest BCUT2D eigenvalue weighted by Crippen LogP contribution is 2.09. The van der Waals surface area contributed by atoms with Crippen molar-refractivity contribution in [3.63, 3.8) is 0 Å². The maximum atomic E-state index is 13.4. The summed E-state index contributed by atoms with van der Waals surface area (Å²) in [6.45, 7) is 0.460. The third-order valence-corrected chi connectivity index (χ3v) is 6.40. The number of carboxylic acids is 2.